The molecule has 0 bridgehead atoms. The minimum atomic E-state index is -4.55. The van der Waals surface area contributed by atoms with E-state index >= 15 is 0 Å². The lowest BCUT2D eigenvalue weighted by molar-refractivity contribution is -0.137. The summed E-state index contributed by atoms with van der Waals surface area (Å²) in [6, 6.07) is 0.797. The molecule has 80 valence electrons. The molecule has 0 saturated carbocycles. The lowest BCUT2D eigenvalue weighted by Gasteiger charge is -2.08. The standard InChI is InChI=1S/C9H7F3N2O/c10-9(11,12)7-4-6(2-1-3-15)5-14-8(7)13/h4-5,15H,3H2,(H2,13,14). The lowest BCUT2D eigenvalue weighted by Crippen LogP contribution is -2.10. The maximum Gasteiger partial charge on any atom is 0.419 e. The van der Waals surface area contributed by atoms with Gasteiger partial charge in [0.25, 0.3) is 0 Å². The molecule has 0 aliphatic heterocycles. The molecule has 3 N–H and O–H groups in total. The van der Waals surface area contributed by atoms with Crippen LogP contribution in [0.25, 0.3) is 0 Å². The van der Waals surface area contributed by atoms with Gasteiger partial charge in [-0.25, -0.2) is 4.98 Å². The number of nitrogens with two attached hydrogens (primary N) is 1. The van der Waals surface area contributed by atoms with Gasteiger partial charge in [0.2, 0.25) is 0 Å². The molecule has 3 nitrogen and oxygen atoms in total. The van der Waals surface area contributed by atoms with Crippen LogP contribution in [0.15, 0.2) is 12.3 Å². The van der Waals surface area contributed by atoms with Gasteiger partial charge in [0.15, 0.2) is 0 Å². The second kappa shape index (κ2) is 4.19. The van der Waals surface area contributed by atoms with Crippen molar-refractivity contribution in [3.8, 4) is 11.8 Å². The number of alkyl halides is 3. The molecule has 1 heterocycles. The van der Waals surface area contributed by atoms with Gasteiger partial charge < -0.3 is 10.8 Å². The Morgan fingerprint density at radius 1 is 1.47 bits per heavy atom. The Labute approximate surface area is 83.7 Å². The molecule has 0 amide bonds. The van der Waals surface area contributed by atoms with Crippen LogP contribution in [-0.2, 0) is 6.18 Å². The molecular formula is C9H7F3N2O. The van der Waals surface area contributed by atoms with E-state index in [1.807, 2.05) is 0 Å². The molecule has 0 atom stereocenters. The maximum atomic E-state index is 12.3. The van der Waals surface area contributed by atoms with Crippen molar-refractivity contribution in [2.75, 3.05) is 12.3 Å². The molecule has 1 aromatic rings. The molecule has 0 aliphatic rings. The summed E-state index contributed by atoms with van der Waals surface area (Å²) in [5.74, 6) is 3.95. The Morgan fingerprint density at radius 3 is 2.67 bits per heavy atom. The van der Waals surface area contributed by atoms with Crippen LogP contribution in [0.1, 0.15) is 11.1 Å². The van der Waals surface area contributed by atoms with Gasteiger partial charge in [-0.2, -0.15) is 13.2 Å². The van der Waals surface area contributed by atoms with E-state index < -0.39 is 24.2 Å². The third kappa shape index (κ3) is 2.86. The average Bonchev–Trinajstić information content (AvgIpc) is 2.15. The highest BCUT2D eigenvalue weighted by Gasteiger charge is 2.33. The van der Waals surface area contributed by atoms with E-state index in [4.69, 9.17) is 10.8 Å². The van der Waals surface area contributed by atoms with Crippen molar-refractivity contribution < 1.29 is 18.3 Å². The van der Waals surface area contributed by atoms with Crippen LogP contribution in [0.4, 0.5) is 19.0 Å². The first-order valence-electron chi connectivity index (χ1n) is 3.87. The van der Waals surface area contributed by atoms with E-state index in [9.17, 15) is 13.2 Å². The monoisotopic (exact) mass is 216 g/mol. The van der Waals surface area contributed by atoms with Crippen molar-refractivity contribution >= 4 is 5.82 Å². The second-order valence-electron chi connectivity index (χ2n) is 2.61. The topological polar surface area (TPSA) is 59.1 Å². The Hall–Kier alpha value is -1.74. The fraction of sp³-hybridized carbons (Fsp3) is 0.222. The summed E-state index contributed by atoms with van der Waals surface area (Å²) in [6.07, 6.45) is -3.43. The van der Waals surface area contributed by atoms with Crippen LogP contribution < -0.4 is 5.73 Å². The molecule has 0 aliphatic carbocycles. The summed E-state index contributed by atoms with van der Waals surface area (Å²) in [5.41, 5.74) is 4.12. The largest absolute Gasteiger partial charge is 0.419 e. The molecule has 0 saturated heterocycles. The van der Waals surface area contributed by atoms with E-state index in [2.05, 4.69) is 16.8 Å². The molecule has 1 aromatic heterocycles. The molecule has 0 fully saturated rings. The number of halogens is 3. The fourth-order valence-electron chi connectivity index (χ4n) is 0.912. The molecule has 15 heavy (non-hydrogen) atoms. The third-order valence-corrected chi connectivity index (χ3v) is 1.54. The zero-order valence-corrected chi connectivity index (χ0v) is 7.47. The Bertz CT molecular complexity index is 418. The van der Waals surface area contributed by atoms with Crippen LogP contribution in [0.3, 0.4) is 0 Å². The smallest absolute Gasteiger partial charge is 0.384 e. The molecule has 0 spiro atoms. The van der Waals surface area contributed by atoms with E-state index in [0.29, 0.717) is 0 Å². The summed E-state index contributed by atoms with van der Waals surface area (Å²) < 4.78 is 37.0. The minimum Gasteiger partial charge on any atom is -0.384 e. The summed E-state index contributed by atoms with van der Waals surface area (Å²) in [5, 5.41) is 8.37. The van der Waals surface area contributed by atoms with Gasteiger partial charge in [0, 0.05) is 11.8 Å². The highest BCUT2D eigenvalue weighted by atomic mass is 19.4. The number of nitrogens with zero attached hydrogens (tertiary/aromatic N) is 1. The Morgan fingerprint density at radius 2 is 2.13 bits per heavy atom. The summed E-state index contributed by atoms with van der Waals surface area (Å²) in [7, 11) is 0. The molecule has 0 radical (unpaired) electrons. The van der Waals surface area contributed by atoms with Crippen molar-refractivity contribution in [1.82, 2.24) is 4.98 Å². The first-order valence-corrected chi connectivity index (χ1v) is 3.87. The first-order chi connectivity index (χ1) is 6.95. The molecule has 0 aromatic carbocycles. The zero-order valence-electron chi connectivity index (χ0n) is 7.47. The maximum absolute atomic E-state index is 12.3. The molecule has 6 heteroatoms. The number of rotatable bonds is 0. The third-order valence-electron chi connectivity index (χ3n) is 1.54. The number of aliphatic hydroxyl groups excluding tert-OH is 1. The van der Waals surface area contributed by atoms with Crippen LogP contribution in [0, 0.1) is 11.8 Å². The van der Waals surface area contributed by atoms with Crippen LogP contribution >= 0.6 is 0 Å². The van der Waals surface area contributed by atoms with Gasteiger partial charge in [-0.15, -0.1) is 0 Å². The van der Waals surface area contributed by atoms with Gasteiger partial charge in [0.1, 0.15) is 12.4 Å². The van der Waals surface area contributed by atoms with Gasteiger partial charge in [-0.3, -0.25) is 0 Å². The van der Waals surface area contributed by atoms with Crippen LogP contribution in [0.5, 0.6) is 0 Å². The number of nitrogen functional groups attached to an aromatic ring is 1. The van der Waals surface area contributed by atoms with Crippen LogP contribution in [0.2, 0.25) is 0 Å². The minimum absolute atomic E-state index is 0.0607. The van der Waals surface area contributed by atoms with Gasteiger partial charge in [-0.1, -0.05) is 11.8 Å². The quantitative estimate of drug-likeness (QED) is 0.636. The van der Waals surface area contributed by atoms with E-state index in [0.717, 1.165) is 12.3 Å². The number of aromatic nitrogens is 1. The molecule has 0 unspecified atom stereocenters. The Balaban J connectivity index is 3.17. The number of hydrogen-bond acceptors (Lipinski definition) is 3. The number of hydrogen-bond donors (Lipinski definition) is 2. The van der Waals surface area contributed by atoms with Crippen molar-refractivity contribution in [3.63, 3.8) is 0 Å². The number of anilines is 1. The Kier molecular flexibility index (Phi) is 3.17. The average molecular weight is 216 g/mol. The summed E-state index contributed by atoms with van der Waals surface area (Å²) >= 11 is 0. The van der Waals surface area contributed by atoms with Gasteiger partial charge in [0.05, 0.1) is 5.56 Å². The summed E-state index contributed by atoms with van der Waals surface area (Å²) in [6.45, 7) is -0.425. The van der Waals surface area contributed by atoms with Crippen molar-refractivity contribution in [2.24, 2.45) is 0 Å². The van der Waals surface area contributed by atoms with Crippen molar-refractivity contribution in [2.45, 2.75) is 6.18 Å². The second-order valence-corrected chi connectivity index (χ2v) is 2.61. The predicted molar refractivity (Wildman–Crippen MR) is 47.6 cm³/mol. The fourth-order valence-corrected chi connectivity index (χ4v) is 0.912. The molecular weight excluding hydrogens is 209 g/mol. The zero-order chi connectivity index (χ0) is 11.5. The van der Waals surface area contributed by atoms with Gasteiger partial charge >= 0.3 is 6.18 Å². The van der Waals surface area contributed by atoms with E-state index in [1.165, 1.54) is 0 Å². The van der Waals surface area contributed by atoms with Gasteiger partial charge in [-0.05, 0) is 6.07 Å². The summed E-state index contributed by atoms with van der Waals surface area (Å²) in [4.78, 5) is 3.37. The normalized spacial score (nSPS) is 10.7. The van der Waals surface area contributed by atoms with Crippen molar-refractivity contribution in [1.29, 1.82) is 0 Å². The predicted octanol–water partition coefficient (Wildman–Crippen LogP) is 1.03. The highest BCUT2D eigenvalue weighted by Crippen LogP contribution is 2.32. The van der Waals surface area contributed by atoms with E-state index in [1.54, 1.807) is 0 Å². The number of pyridine rings is 1. The van der Waals surface area contributed by atoms with Crippen LogP contribution in [-0.4, -0.2) is 16.7 Å². The highest BCUT2D eigenvalue weighted by molar-refractivity contribution is 5.47. The van der Waals surface area contributed by atoms with E-state index in [-0.39, 0.29) is 5.56 Å². The SMILES string of the molecule is Nc1ncc(C#CCO)cc1C(F)(F)F. The lowest BCUT2D eigenvalue weighted by atomic mass is 10.2. The van der Waals surface area contributed by atoms with Crippen molar-refractivity contribution in [3.05, 3.63) is 23.4 Å². The number of aliphatic hydroxyl groups is 1. The first kappa shape index (κ1) is 11.3. The molecule has 1 rings (SSSR count).